The lowest BCUT2D eigenvalue weighted by Gasteiger charge is -2.32. The van der Waals surface area contributed by atoms with Crippen molar-refractivity contribution in [3.63, 3.8) is 0 Å². The molecular formula is C21H25FN4OS. The SMILES string of the molecule is CN1CCN(Cc2c(O)ccc3c2nc(CSc2ccc(F)cc2)n3C)CC1. The van der Waals surface area contributed by atoms with Crippen molar-refractivity contribution in [2.24, 2.45) is 7.05 Å². The van der Waals surface area contributed by atoms with Gasteiger partial charge in [-0.1, -0.05) is 0 Å². The number of phenols is 1. The molecule has 0 aliphatic carbocycles. The summed E-state index contributed by atoms with van der Waals surface area (Å²) in [5.74, 6) is 1.71. The molecule has 0 unspecified atom stereocenters. The fraction of sp³-hybridized carbons (Fsp3) is 0.381. The van der Waals surface area contributed by atoms with E-state index >= 15 is 0 Å². The largest absolute Gasteiger partial charge is 0.508 e. The first-order valence-electron chi connectivity index (χ1n) is 9.46. The Labute approximate surface area is 168 Å². The Kier molecular flexibility index (Phi) is 5.57. The fourth-order valence-corrected chi connectivity index (χ4v) is 4.43. The van der Waals surface area contributed by atoms with Gasteiger partial charge in [-0.05, 0) is 43.4 Å². The molecule has 1 N–H and O–H groups in total. The van der Waals surface area contributed by atoms with Crippen molar-refractivity contribution in [3.8, 4) is 5.75 Å². The molecule has 1 aliphatic rings. The van der Waals surface area contributed by atoms with Gasteiger partial charge in [0.25, 0.3) is 0 Å². The van der Waals surface area contributed by atoms with Crippen molar-refractivity contribution in [2.75, 3.05) is 33.2 Å². The van der Waals surface area contributed by atoms with Crippen LogP contribution >= 0.6 is 11.8 Å². The number of rotatable bonds is 5. The highest BCUT2D eigenvalue weighted by molar-refractivity contribution is 7.98. The highest BCUT2D eigenvalue weighted by Crippen LogP contribution is 2.31. The van der Waals surface area contributed by atoms with Crippen LogP contribution in [-0.2, 0) is 19.3 Å². The summed E-state index contributed by atoms with van der Waals surface area (Å²) >= 11 is 1.63. The van der Waals surface area contributed by atoms with Crippen LogP contribution in [0, 0.1) is 5.82 Å². The minimum absolute atomic E-state index is 0.226. The van der Waals surface area contributed by atoms with Gasteiger partial charge in [-0.25, -0.2) is 9.37 Å². The van der Waals surface area contributed by atoms with E-state index < -0.39 is 0 Å². The average Bonchev–Trinajstić information content (AvgIpc) is 3.01. The van der Waals surface area contributed by atoms with E-state index in [0.29, 0.717) is 18.0 Å². The molecule has 0 atom stereocenters. The van der Waals surface area contributed by atoms with Crippen molar-refractivity contribution < 1.29 is 9.50 Å². The zero-order chi connectivity index (χ0) is 19.7. The Balaban J connectivity index is 1.57. The first-order valence-corrected chi connectivity index (χ1v) is 10.5. The third kappa shape index (κ3) is 4.01. The number of halogens is 1. The quantitative estimate of drug-likeness (QED) is 0.665. The second-order valence-corrected chi connectivity index (χ2v) is 8.39. The lowest BCUT2D eigenvalue weighted by Crippen LogP contribution is -2.43. The van der Waals surface area contributed by atoms with Crippen molar-refractivity contribution in [1.29, 1.82) is 0 Å². The van der Waals surface area contributed by atoms with Crippen LogP contribution in [0.25, 0.3) is 11.0 Å². The van der Waals surface area contributed by atoms with Crippen molar-refractivity contribution in [3.05, 3.63) is 53.6 Å². The minimum Gasteiger partial charge on any atom is -0.508 e. The minimum atomic E-state index is -0.226. The highest BCUT2D eigenvalue weighted by Gasteiger charge is 2.20. The van der Waals surface area contributed by atoms with Crippen LogP contribution in [0.2, 0.25) is 0 Å². The number of piperazine rings is 1. The number of thioether (sulfide) groups is 1. The Bertz CT molecular complexity index is 965. The van der Waals surface area contributed by atoms with Gasteiger partial charge in [0.2, 0.25) is 0 Å². The molecule has 0 bridgehead atoms. The first-order chi connectivity index (χ1) is 13.5. The predicted octanol–water partition coefficient (Wildman–Crippen LogP) is 3.46. The molecule has 3 aromatic rings. The third-order valence-corrected chi connectivity index (χ3v) is 6.39. The fourth-order valence-electron chi connectivity index (χ4n) is 3.55. The Morgan fingerprint density at radius 1 is 1.04 bits per heavy atom. The molecule has 2 aromatic carbocycles. The zero-order valence-electron chi connectivity index (χ0n) is 16.2. The molecule has 2 heterocycles. The van der Waals surface area contributed by atoms with E-state index in [2.05, 4.69) is 21.4 Å². The maximum absolute atomic E-state index is 13.1. The number of aromatic nitrogens is 2. The molecular weight excluding hydrogens is 375 g/mol. The summed E-state index contributed by atoms with van der Waals surface area (Å²) in [5, 5.41) is 10.5. The van der Waals surface area contributed by atoms with Crippen molar-refractivity contribution in [2.45, 2.75) is 17.2 Å². The molecule has 1 saturated heterocycles. The molecule has 1 fully saturated rings. The molecule has 0 spiro atoms. The summed E-state index contributed by atoms with van der Waals surface area (Å²) in [7, 11) is 4.14. The number of benzene rings is 2. The van der Waals surface area contributed by atoms with Crippen LogP contribution in [0.1, 0.15) is 11.4 Å². The molecule has 4 rings (SSSR count). The van der Waals surface area contributed by atoms with Crippen LogP contribution < -0.4 is 0 Å². The average molecular weight is 401 g/mol. The Hall–Kier alpha value is -2.09. The second kappa shape index (κ2) is 8.11. The standard InChI is InChI=1S/C21H25FN4OS/c1-24-9-11-26(12-10-24)13-17-19(27)8-7-18-21(17)23-20(25(18)2)14-28-16-5-3-15(22)4-6-16/h3-8,27H,9-14H2,1-2H3. The molecule has 5 nitrogen and oxygen atoms in total. The summed E-state index contributed by atoms with van der Waals surface area (Å²) in [6.07, 6.45) is 0. The van der Waals surface area contributed by atoms with Gasteiger partial charge >= 0.3 is 0 Å². The number of fused-ring (bicyclic) bond motifs is 1. The summed E-state index contributed by atoms with van der Waals surface area (Å²) in [6, 6.07) is 10.2. The highest BCUT2D eigenvalue weighted by atomic mass is 32.2. The first kappa shape index (κ1) is 19.2. The van der Waals surface area contributed by atoms with Crippen LogP contribution in [-0.4, -0.2) is 57.7 Å². The van der Waals surface area contributed by atoms with Gasteiger partial charge in [0.15, 0.2) is 0 Å². The zero-order valence-corrected chi connectivity index (χ0v) is 17.0. The maximum atomic E-state index is 13.1. The van der Waals surface area contributed by atoms with E-state index in [9.17, 15) is 9.50 Å². The topological polar surface area (TPSA) is 44.5 Å². The van der Waals surface area contributed by atoms with Gasteiger partial charge < -0.3 is 14.6 Å². The smallest absolute Gasteiger partial charge is 0.123 e. The van der Waals surface area contributed by atoms with Gasteiger partial charge in [-0.15, -0.1) is 11.8 Å². The van der Waals surface area contributed by atoms with E-state index in [1.807, 2.05) is 13.1 Å². The van der Waals surface area contributed by atoms with Crippen LogP contribution in [0.5, 0.6) is 5.75 Å². The van der Waals surface area contributed by atoms with Gasteiger partial charge in [0, 0.05) is 50.2 Å². The summed E-state index contributed by atoms with van der Waals surface area (Å²) < 4.78 is 15.2. The number of hydrogen-bond acceptors (Lipinski definition) is 5. The molecule has 0 saturated carbocycles. The summed E-state index contributed by atoms with van der Waals surface area (Å²) in [5.41, 5.74) is 2.79. The van der Waals surface area contributed by atoms with E-state index in [1.54, 1.807) is 30.0 Å². The molecule has 1 aliphatic heterocycles. The van der Waals surface area contributed by atoms with E-state index in [-0.39, 0.29) is 5.82 Å². The molecule has 28 heavy (non-hydrogen) atoms. The van der Waals surface area contributed by atoms with Gasteiger partial charge in [-0.3, -0.25) is 4.90 Å². The number of hydrogen-bond donors (Lipinski definition) is 1. The van der Waals surface area contributed by atoms with Gasteiger partial charge in [0.1, 0.15) is 17.4 Å². The van der Waals surface area contributed by atoms with Gasteiger partial charge in [-0.2, -0.15) is 0 Å². The molecule has 1 aromatic heterocycles. The van der Waals surface area contributed by atoms with Crippen molar-refractivity contribution in [1.82, 2.24) is 19.4 Å². The Morgan fingerprint density at radius 2 is 1.75 bits per heavy atom. The lowest BCUT2D eigenvalue weighted by atomic mass is 10.1. The van der Waals surface area contributed by atoms with Crippen LogP contribution in [0.3, 0.4) is 0 Å². The third-order valence-electron chi connectivity index (χ3n) is 5.39. The van der Waals surface area contributed by atoms with E-state index in [1.165, 1.54) is 12.1 Å². The van der Waals surface area contributed by atoms with Gasteiger partial charge in [0.05, 0.1) is 16.8 Å². The molecule has 0 radical (unpaired) electrons. The maximum Gasteiger partial charge on any atom is 0.123 e. The molecule has 148 valence electrons. The van der Waals surface area contributed by atoms with E-state index in [4.69, 9.17) is 4.98 Å². The predicted molar refractivity (Wildman–Crippen MR) is 111 cm³/mol. The second-order valence-electron chi connectivity index (χ2n) is 7.34. The summed E-state index contributed by atoms with van der Waals surface area (Å²) in [6.45, 7) is 4.77. The van der Waals surface area contributed by atoms with Crippen LogP contribution in [0.4, 0.5) is 4.39 Å². The summed E-state index contributed by atoms with van der Waals surface area (Å²) in [4.78, 5) is 10.6. The number of nitrogens with zero attached hydrogens (tertiary/aromatic N) is 4. The number of phenolic OH excluding ortho intramolecular Hbond substituents is 1. The Morgan fingerprint density at radius 3 is 2.46 bits per heavy atom. The van der Waals surface area contributed by atoms with Crippen molar-refractivity contribution >= 4 is 22.8 Å². The lowest BCUT2D eigenvalue weighted by molar-refractivity contribution is 0.147. The molecule has 7 heteroatoms. The molecule has 0 amide bonds. The van der Waals surface area contributed by atoms with E-state index in [0.717, 1.165) is 53.5 Å². The number of aromatic hydroxyl groups is 1. The number of aryl methyl sites for hydroxylation is 1. The van der Waals surface area contributed by atoms with Crippen LogP contribution in [0.15, 0.2) is 41.3 Å². The normalized spacial score (nSPS) is 16.1. The monoisotopic (exact) mass is 400 g/mol. The number of likely N-dealkylation sites (N-methyl/N-ethyl adjacent to an activating group) is 1. The number of imidazole rings is 1.